The summed E-state index contributed by atoms with van der Waals surface area (Å²) in [4.78, 5) is 14.6. The van der Waals surface area contributed by atoms with Crippen molar-refractivity contribution < 1.29 is 26.7 Å². The molecule has 0 spiro atoms. The number of carboxylic acids is 1. The number of carbonyl (C=O) groups is 1. The molecule has 21 heavy (non-hydrogen) atoms. The molecule has 1 aromatic rings. The van der Waals surface area contributed by atoms with E-state index in [0.29, 0.717) is 17.1 Å². The molecule has 8 nitrogen and oxygen atoms in total. The van der Waals surface area contributed by atoms with Crippen molar-refractivity contribution in [3.8, 4) is 0 Å². The molecule has 2 rings (SSSR count). The maximum atomic E-state index is 12.6. The van der Waals surface area contributed by atoms with E-state index < -0.39 is 41.1 Å². The highest BCUT2D eigenvalue weighted by Gasteiger charge is 2.41. The van der Waals surface area contributed by atoms with E-state index in [1.165, 1.54) is 11.8 Å². The van der Waals surface area contributed by atoms with Crippen LogP contribution in [0.4, 0.5) is 0 Å². The molecule has 1 fully saturated rings. The van der Waals surface area contributed by atoms with Crippen LogP contribution in [0.1, 0.15) is 10.5 Å². The monoisotopic (exact) mass is 372 g/mol. The van der Waals surface area contributed by atoms with E-state index in [1.807, 2.05) is 0 Å². The number of thiazole rings is 1. The molecule has 0 saturated carbocycles. The second kappa shape index (κ2) is 5.83. The van der Waals surface area contributed by atoms with Crippen LogP contribution in [0.15, 0.2) is 9.72 Å². The first-order valence-electron chi connectivity index (χ1n) is 5.61. The maximum Gasteiger partial charge on any atom is 0.356 e. The number of aromatic carboxylic acids is 1. The first-order chi connectivity index (χ1) is 9.65. The van der Waals surface area contributed by atoms with Gasteiger partial charge < -0.3 is 5.11 Å². The smallest absolute Gasteiger partial charge is 0.356 e. The minimum atomic E-state index is -4.21. The number of nitrogens with zero attached hydrogens (tertiary/aromatic N) is 2. The average molecular weight is 372 g/mol. The molecule has 1 saturated heterocycles. The highest BCUT2D eigenvalue weighted by atomic mass is 32.2. The Bertz CT molecular complexity index is 753. The molecule has 0 bridgehead atoms. The number of hydrogen-bond donors (Lipinski definition) is 1. The van der Waals surface area contributed by atoms with Gasteiger partial charge in [0, 0.05) is 24.3 Å². The summed E-state index contributed by atoms with van der Waals surface area (Å²) in [5, 5.41) is 7.79. The molecule has 0 aromatic carbocycles. The molecule has 1 aliphatic rings. The van der Waals surface area contributed by atoms with Gasteiger partial charge >= 0.3 is 5.97 Å². The zero-order valence-corrected chi connectivity index (χ0v) is 14.1. The van der Waals surface area contributed by atoms with Gasteiger partial charge in [0.05, 0.1) is 5.51 Å². The van der Waals surface area contributed by atoms with Gasteiger partial charge in [0.2, 0.25) is 0 Å². The molecule has 1 atom stereocenters. The number of sulfonamides is 1. The van der Waals surface area contributed by atoms with Crippen molar-refractivity contribution in [1.29, 1.82) is 0 Å². The molecular formula is C9H12N2O6S4. The second-order valence-electron chi connectivity index (χ2n) is 4.27. The predicted octanol–water partition coefficient (Wildman–Crippen LogP) is -0.0505. The predicted molar refractivity (Wildman–Crippen MR) is 78.9 cm³/mol. The topological polar surface area (TPSA) is 122 Å². The largest absolute Gasteiger partial charge is 0.476 e. The third kappa shape index (κ3) is 3.23. The van der Waals surface area contributed by atoms with Gasteiger partial charge in [0.15, 0.2) is 19.7 Å². The van der Waals surface area contributed by atoms with Crippen LogP contribution in [0, 0.1) is 0 Å². The Morgan fingerprint density at radius 1 is 1.43 bits per heavy atom. The number of rotatable bonds is 4. The third-order valence-electron chi connectivity index (χ3n) is 2.81. The summed E-state index contributed by atoms with van der Waals surface area (Å²) in [6.45, 7) is 0.0156. The number of thioether (sulfide) groups is 1. The van der Waals surface area contributed by atoms with E-state index >= 15 is 0 Å². The van der Waals surface area contributed by atoms with Gasteiger partial charge in [0.25, 0.3) is 10.0 Å². The normalized spacial score (nSPS) is 21.3. The highest BCUT2D eigenvalue weighted by molar-refractivity contribution is 8.01. The molecule has 1 N–H and O–H groups in total. The summed E-state index contributed by atoms with van der Waals surface area (Å²) in [6.07, 6.45) is 0.969. The Morgan fingerprint density at radius 3 is 2.67 bits per heavy atom. The summed E-state index contributed by atoms with van der Waals surface area (Å²) >= 11 is 2.01. The van der Waals surface area contributed by atoms with Gasteiger partial charge in [0.1, 0.15) is 5.37 Å². The summed E-state index contributed by atoms with van der Waals surface area (Å²) in [7, 11) is -7.83. The highest BCUT2D eigenvalue weighted by Crippen LogP contribution is 2.30. The Labute approximate surface area is 130 Å². The minimum absolute atomic E-state index is 0.0156. The second-order valence-corrected chi connectivity index (χ2v) is 10.6. The standard InChI is InChI=1S/C9H12N2O6S4/c1-20(14,15)6-4-18-3-2-11(6)21(16,17)9-7(8(12)13)10-5-19-9/h5-6H,2-4H2,1H3,(H,12,13). The maximum absolute atomic E-state index is 12.6. The van der Waals surface area contributed by atoms with Crippen molar-refractivity contribution in [2.24, 2.45) is 0 Å². The van der Waals surface area contributed by atoms with E-state index in [-0.39, 0.29) is 12.3 Å². The van der Waals surface area contributed by atoms with Crippen molar-refractivity contribution in [2.75, 3.05) is 24.3 Å². The zero-order valence-electron chi connectivity index (χ0n) is 10.8. The molecule has 1 aliphatic heterocycles. The van der Waals surface area contributed by atoms with Crippen LogP contribution in [-0.2, 0) is 19.9 Å². The van der Waals surface area contributed by atoms with Crippen LogP contribution in [-0.4, -0.2) is 66.9 Å². The third-order valence-corrected chi connectivity index (χ3v) is 8.84. The molecule has 2 heterocycles. The van der Waals surface area contributed by atoms with Gasteiger partial charge in [-0.2, -0.15) is 16.1 Å². The number of sulfone groups is 1. The van der Waals surface area contributed by atoms with Crippen LogP contribution < -0.4 is 0 Å². The lowest BCUT2D eigenvalue weighted by Crippen LogP contribution is -2.49. The summed E-state index contributed by atoms with van der Waals surface area (Å²) in [5.74, 6) is -0.886. The minimum Gasteiger partial charge on any atom is -0.476 e. The fourth-order valence-corrected chi connectivity index (χ4v) is 8.27. The molecular weight excluding hydrogens is 360 g/mol. The molecule has 118 valence electrons. The lowest BCUT2D eigenvalue weighted by molar-refractivity contribution is 0.0687. The van der Waals surface area contributed by atoms with Gasteiger partial charge in [-0.1, -0.05) is 0 Å². The molecule has 0 amide bonds. The molecule has 0 aliphatic carbocycles. The van der Waals surface area contributed by atoms with E-state index in [4.69, 9.17) is 5.11 Å². The van der Waals surface area contributed by atoms with E-state index in [2.05, 4.69) is 4.98 Å². The van der Waals surface area contributed by atoms with Crippen molar-refractivity contribution in [3.05, 3.63) is 11.2 Å². The Kier molecular flexibility index (Phi) is 4.63. The first-order valence-corrected chi connectivity index (χ1v) is 11.0. The molecule has 1 aromatic heterocycles. The van der Waals surface area contributed by atoms with Crippen LogP contribution in [0.3, 0.4) is 0 Å². The SMILES string of the molecule is CS(=O)(=O)C1CSCCN1S(=O)(=O)c1scnc1C(=O)O. The quantitative estimate of drug-likeness (QED) is 0.781. The lowest BCUT2D eigenvalue weighted by atomic mass is 10.5. The number of carboxylic acid groups (broad SMARTS) is 1. The average Bonchev–Trinajstić information content (AvgIpc) is 2.88. The summed E-state index contributed by atoms with van der Waals surface area (Å²) < 4.78 is 49.2. The van der Waals surface area contributed by atoms with Gasteiger partial charge in [-0.15, -0.1) is 11.3 Å². The van der Waals surface area contributed by atoms with Gasteiger partial charge in [-0.3, -0.25) is 0 Å². The van der Waals surface area contributed by atoms with Crippen molar-refractivity contribution in [2.45, 2.75) is 9.58 Å². The van der Waals surface area contributed by atoms with Crippen LogP contribution >= 0.6 is 23.1 Å². The van der Waals surface area contributed by atoms with Gasteiger partial charge in [-0.25, -0.2) is 26.6 Å². The van der Waals surface area contributed by atoms with Crippen molar-refractivity contribution >= 4 is 48.9 Å². The fraction of sp³-hybridized carbons (Fsp3) is 0.556. The van der Waals surface area contributed by atoms with Crippen molar-refractivity contribution in [3.63, 3.8) is 0 Å². The number of aromatic nitrogens is 1. The molecule has 1 unspecified atom stereocenters. The Balaban J connectivity index is 2.51. The Hall–Kier alpha value is -0.690. The fourth-order valence-electron chi connectivity index (χ4n) is 1.85. The molecule has 0 radical (unpaired) electrons. The number of hydrogen-bond acceptors (Lipinski definition) is 8. The van der Waals surface area contributed by atoms with Gasteiger partial charge in [-0.05, 0) is 0 Å². The Morgan fingerprint density at radius 2 is 2.10 bits per heavy atom. The van der Waals surface area contributed by atoms with E-state index in [1.54, 1.807) is 0 Å². The lowest BCUT2D eigenvalue weighted by Gasteiger charge is -2.32. The summed E-state index contributed by atoms with van der Waals surface area (Å²) in [5.41, 5.74) is 0.537. The van der Waals surface area contributed by atoms with Crippen LogP contribution in [0.25, 0.3) is 0 Å². The summed E-state index contributed by atoms with van der Waals surface area (Å²) in [6, 6.07) is 0. The zero-order chi connectivity index (χ0) is 15.8. The van der Waals surface area contributed by atoms with Crippen molar-refractivity contribution in [1.82, 2.24) is 9.29 Å². The van der Waals surface area contributed by atoms with E-state index in [9.17, 15) is 21.6 Å². The van der Waals surface area contributed by atoms with E-state index in [0.717, 1.165) is 16.1 Å². The molecule has 12 heteroatoms. The first kappa shape index (κ1) is 16.7. The van der Waals surface area contributed by atoms with Crippen LogP contribution in [0.2, 0.25) is 0 Å². The van der Waals surface area contributed by atoms with Crippen LogP contribution in [0.5, 0.6) is 0 Å².